The lowest BCUT2D eigenvalue weighted by atomic mass is 9.71. The van der Waals surface area contributed by atoms with Gasteiger partial charge in [-0.25, -0.2) is 9.97 Å². The number of aryl methyl sites for hydroxylation is 1. The summed E-state index contributed by atoms with van der Waals surface area (Å²) in [4.78, 5) is 11.0. The molecule has 2 unspecified atom stereocenters. The average Bonchev–Trinajstić information content (AvgIpc) is 2.46. The number of rotatable bonds is 2. The van der Waals surface area contributed by atoms with Crippen molar-refractivity contribution in [3.8, 4) is 0 Å². The molecule has 2 atom stereocenters. The van der Waals surface area contributed by atoms with Gasteiger partial charge in [0, 0.05) is 30.8 Å². The quantitative estimate of drug-likeness (QED) is 0.886. The SMILES string of the molecule is CCc1cc(N2CCC3(O)CCCCC3C2)ncn1. The van der Waals surface area contributed by atoms with Gasteiger partial charge in [-0.3, -0.25) is 0 Å². The minimum atomic E-state index is -0.407. The number of aromatic nitrogens is 2. The Bertz CT molecular complexity index is 451. The van der Waals surface area contributed by atoms with E-state index in [-0.39, 0.29) is 0 Å². The fraction of sp³-hybridized carbons (Fsp3) is 0.733. The number of hydrogen-bond acceptors (Lipinski definition) is 4. The molecule has 104 valence electrons. The molecule has 0 spiro atoms. The molecule has 0 aromatic carbocycles. The molecular formula is C15H23N3O. The van der Waals surface area contributed by atoms with Gasteiger partial charge in [-0.1, -0.05) is 19.8 Å². The zero-order valence-corrected chi connectivity index (χ0v) is 11.7. The number of piperidine rings is 1. The van der Waals surface area contributed by atoms with E-state index in [1.165, 1.54) is 12.8 Å². The van der Waals surface area contributed by atoms with Crippen LogP contribution in [-0.4, -0.2) is 33.8 Å². The Morgan fingerprint density at radius 1 is 1.37 bits per heavy atom. The van der Waals surface area contributed by atoms with Crippen LogP contribution >= 0.6 is 0 Å². The monoisotopic (exact) mass is 261 g/mol. The predicted molar refractivity (Wildman–Crippen MR) is 75.1 cm³/mol. The van der Waals surface area contributed by atoms with Gasteiger partial charge >= 0.3 is 0 Å². The molecule has 1 saturated carbocycles. The fourth-order valence-electron chi connectivity index (χ4n) is 3.53. The molecule has 1 aromatic rings. The van der Waals surface area contributed by atoms with Gasteiger partial charge < -0.3 is 10.0 Å². The van der Waals surface area contributed by atoms with Crippen LogP contribution in [0.15, 0.2) is 12.4 Å². The summed E-state index contributed by atoms with van der Waals surface area (Å²) in [5.41, 5.74) is 0.685. The van der Waals surface area contributed by atoms with E-state index in [0.29, 0.717) is 5.92 Å². The molecule has 0 bridgehead atoms. The Morgan fingerprint density at radius 3 is 3.11 bits per heavy atom. The van der Waals surface area contributed by atoms with E-state index < -0.39 is 5.60 Å². The molecule has 2 heterocycles. The second-order valence-electron chi connectivity index (χ2n) is 5.96. The van der Waals surface area contributed by atoms with Crippen LogP contribution in [-0.2, 0) is 6.42 Å². The molecule has 4 nitrogen and oxygen atoms in total. The van der Waals surface area contributed by atoms with Gasteiger partial charge in [-0.2, -0.15) is 0 Å². The average molecular weight is 261 g/mol. The highest BCUT2D eigenvalue weighted by Gasteiger charge is 2.42. The van der Waals surface area contributed by atoms with Crippen molar-refractivity contribution in [2.24, 2.45) is 5.92 Å². The maximum atomic E-state index is 10.7. The van der Waals surface area contributed by atoms with E-state index in [9.17, 15) is 5.11 Å². The van der Waals surface area contributed by atoms with E-state index in [4.69, 9.17) is 0 Å². The second kappa shape index (κ2) is 5.08. The zero-order chi connectivity index (χ0) is 13.3. The molecule has 1 aromatic heterocycles. The number of hydrogen-bond donors (Lipinski definition) is 1. The van der Waals surface area contributed by atoms with Crippen molar-refractivity contribution in [1.82, 2.24) is 9.97 Å². The van der Waals surface area contributed by atoms with Crippen LogP contribution in [0.2, 0.25) is 0 Å². The van der Waals surface area contributed by atoms with Crippen LogP contribution in [0.3, 0.4) is 0 Å². The Kier molecular flexibility index (Phi) is 3.44. The third-order valence-corrected chi connectivity index (χ3v) is 4.82. The summed E-state index contributed by atoms with van der Waals surface area (Å²) in [5, 5.41) is 10.7. The molecular weight excluding hydrogens is 238 g/mol. The molecule has 2 fully saturated rings. The van der Waals surface area contributed by atoms with Crippen molar-refractivity contribution in [2.45, 2.75) is 51.0 Å². The molecule has 0 radical (unpaired) electrons. The lowest BCUT2D eigenvalue weighted by molar-refractivity contribution is -0.0613. The summed E-state index contributed by atoms with van der Waals surface area (Å²) in [6.45, 7) is 3.96. The van der Waals surface area contributed by atoms with Gasteiger partial charge in [0.2, 0.25) is 0 Å². The normalized spacial score (nSPS) is 31.1. The first kappa shape index (κ1) is 12.9. The van der Waals surface area contributed by atoms with E-state index in [1.54, 1.807) is 6.33 Å². The molecule has 4 heteroatoms. The smallest absolute Gasteiger partial charge is 0.132 e. The lowest BCUT2D eigenvalue weighted by Gasteiger charge is -2.47. The topological polar surface area (TPSA) is 49.2 Å². The number of fused-ring (bicyclic) bond motifs is 1. The molecule has 19 heavy (non-hydrogen) atoms. The van der Waals surface area contributed by atoms with E-state index in [1.807, 2.05) is 0 Å². The number of nitrogens with zero attached hydrogens (tertiary/aromatic N) is 3. The molecule has 0 amide bonds. The first-order chi connectivity index (χ1) is 9.21. The van der Waals surface area contributed by atoms with Crippen LogP contribution in [0.25, 0.3) is 0 Å². The highest BCUT2D eigenvalue weighted by atomic mass is 16.3. The summed E-state index contributed by atoms with van der Waals surface area (Å²) >= 11 is 0. The molecule has 1 aliphatic heterocycles. The Labute approximate surface area is 114 Å². The van der Waals surface area contributed by atoms with Crippen molar-refractivity contribution in [1.29, 1.82) is 0 Å². The highest BCUT2D eigenvalue weighted by Crippen LogP contribution is 2.40. The van der Waals surface area contributed by atoms with Crippen LogP contribution in [0, 0.1) is 5.92 Å². The van der Waals surface area contributed by atoms with E-state index in [2.05, 4.69) is 27.9 Å². The van der Waals surface area contributed by atoms with Gasteiger partial charge in [0.15, 0.2) is 0 Å². The van der Waals surface area contributed by atoms with Gasteiger partial charge in [-0.05, 0) is 25.7 Å². The zero-order valence-electron chi connectivity index (χ0n) is 11.7. The summed E-state index contributed by atoms with van der Waals surface area (Å²) in [7, 11) is 0. The van der Waals surface area contributed by atoms with Crippen molar-refractivity contribution in [2.75, 3.05) is 18.0 Å². The first-order valence-corrected chi connectivity index (χ1v) is 7.49. The standard InChI is InChI=1S/C15H23N3O/c1-2-13-9-14(17-11-16-13)18-8-7-15(19)6-4-3-5-12(15)10-18/h9,11-12,19H,2-8,10H2,1H3. The van der Waals surface area contributed by atoms with Crippen molar-refractivity contribution in [3.05, 3.63) is 18.1 Å². The maximum absolute atomic E-state index is 10.7. The van der Waals surface area contributed by atoms with E-state index >= 15 is 0 Å². The molecule has 2 aliphatic rings. The molecule has 1 saturated heterocycles. The van der Waals surface area contributed by atoms with Crippen molar-refractivity contribution >= 4 is 5.82 Å². The minimum absolute atomic E-state index is 0.407. The van der Waals surface area contributed by atoms with Crippen molar-refractivity contribution < 1.29 is 5.11 Å². The third-order valence-electron chi connectivity index (χ3n) is 4.82. The maximum Gasteiger partial charge on any atom is 0.132 e. The molecule has 1 N–H and O–H groups in total. The predicted octanol–water partition coefficient (Wildman–Crippen LogP) is 2.17. The van der Waals surface area contributed by atoms with Gasteiger partial charge in [0.1, 0.15) is 12.1 Å². The van der Waals surface area contributed by atoms with Gasteiger partial charge in [0.05, 0.1) is 5.60 Å². The second-order valence-corrected chi connectivity index (χ2v) is 5.96. The Hall–Kier alpha value is -1.16. The van der Waals surface area contributed by atoms with Crippen molar-refractivity contribution in [3.63, 3.8) is 0 Å². The summed E-state index contributed by atoms with van der Waals surface area (Å²) in [5.74, 6) is 1.44. The summed E-state index contributed by atoms with van der Waals surface area (Å²) < 4.78 is 0. The summed E-state index contributed by atoms with van der Waals surface area (Å²) in [6, 6.07) is 2.09. The lowest BCUT2D eigenvalue weighted by Crippen LogP contribution is -2.53. The van der Waals surface area contributed by atoms with Gasteiger partial charge in [0.25, 0.3) is 0 Å². The van der Waals surface area contributed by atoms with Crippen LogP contribution in [0.1, 0.15) is 44.7 Å². The molecule has 1 aliphatic carbocycles. The van der Waals surface area contributed by atoms with E-state index in [0.717, 1.165) is 50.3 Å². The summed E-state index contributed by atoms with van der Waals surface area (Å²) in [6.07, 6.45) is 8.05. The first-order valence-electron chi connectivity index (χ1n) is 7.49. The fourth-order valence-corrected chi connectivity index (χ4v) is 3.53. The third kappa shape index (κ3) is 2.46. The Morgan fingerprint density at radius 2 is 2.26 bits per heavy atom. The van der Waals surface area contributed by atoms with Crippen LogP contribution < -0.4 is 4.90 Å². The minimum Gasteiger partial charge on any atom is -0.389 e. The highest BCUT2D eigenvalue weighted by molar-refractivity contribution is 5.40. The number of aliphatic hydroxyl groups is 1. The van der Waals surface area contributed by atoms with Crippen LogP contribution in [0.4, 0.5) is 5.82 Å². The number of anilines is 1. The Balaban J connectivity index is 1.76. The van der Waals surface area contributed by atoms with Crippen LogP contribution in [0.5, 0.6) is 0 Å². The van der Waals surface area contributed by atoms with Gasteiger partial charge in [-0.15, -0.1) is 0 Å². The molecule has 3 rings (SSSR count). The largest absolute Gasteiger partial charge is 0.389 e.